The van der Waals surface area contributed by atoms with Gasteiger partial charge in [0.15, 0.2) is 0 Å². The fourth-order valence-corrected chi connectivity index (χ4v) is 3.80. The number of hydrogen-bond acceptors (Lipinski definition) is 6. The van der Waals surface area contributed by atoms with Crippen LogP contribution in [0, 0.1) is 0 Å². The maximum absolute atomic E-state index is 12.9. The van der Waals surface area contributed by atoms with Crippen LogP contribution in [0.25, 0.3) is 0 Å². The second-order valence-electron chi connectivity index (χ2n) is 8.84. The lowest BCUT2D eigenvalue weighted by atomic mass is 10.0. The first-order chi connectivity index (χ1) is 17.7. The number of hydrogen-bond donors (Lipinski definition) is 2. The lowest BCUT2D eigenvalue weighted by Crippen LogP contribution is -2.30. The summed E-state index contributed by atoms with van der Waals surface area (Å²) in [7, 11) is 1.44. The maximum Gasteiger partial charge on any atom is 0.331 e. The quantitative estimate of drug-likeness (QED) is 0.337. The Balaban J connectivity index is 1.38. The highest BCUT2D eigenvalue weighted by Gasteiger charge is 2.36. The molecule has 190 valence electrons. The maximum atomic E-state index is 12.9. The average Bonchev–Trinajstić information content (AvgIpc) is 3.14. The van der Waals surface area contributed by atoms with Crippen molar-refractivity contribution in [2.24, 2.45) is 0 Å². The summed E-state index contributed by atoms with van der Waals surface area (Å²) in [4.78, 5) is 48.8. The Morgan fingerprint density at radius 1 is 0.919 bits per heavy atom. The highest BCUT2D eigenvalue weighted by molar-refractivity contribution is 6.44. The highest BCUT2D eigenvalue weighted by atomic mass is 16.5. The van der Waals surface area contributed by atoms with Gasteiger partial charge in [-0.3, -0.25) is 24.6 Å². The zero-order chi connectivity index (χ0) is 26.5. The van der Waals surface area contributed by atoms with Crippen molar-refractivity contribution < 1.29 is 28.7 Å². The molecule has 0 aromatic heterocycles. The number of ether oxygens (including phenoxy) is 2. The smallest absolute Gasteiger partial charge is 0.331 e. The molecule has 1 saturated heterocycles. The van der Waals surface area contributed by atoms with Crippen LogP contribution in [0.1, 0.15) is 46.8 Å². The summed E-state index contributed by atoms with van der Waals surface area (Å²) in [6.45, 7) is 4.39. The van der Waals surface area contributed by atoms with Gasteiger partial charge in [0.2, 0.25) is 0 Å². The van der Waals surface area contributed by atoms with Crippen molar-refractivity contribution in [2.45, 2.75) is 32.9 Å². The summed E-state index contributed by atoms with van der Waals surface area (Å²) in [5, 5.41) is 4.79. The Labute approximate surface area is 214 Å². The number of methoxy groups -OCH3 is 1. The van der Waals surface area contributed by atoms with Gasteiger partial charge in [-0.05, 0) is 59.0 Å². The standard InChI is InChI=1S/C28H27N3O6/c1-17(2)20-7-11-22(12-8-20)37-21-9-4-18(5-10-21)15-29-25(32)23-14-19(6-13-24(23)36-3)16-31-27(34)26(33)30-28(31)35/h4-14,17H,15-16H2,1-3H3,(H,29,32)(H,30,33,35). The number of nitrogens with zero attached hydrogens (tertiary/aromatic N) is 1. The van der Waals surface area contributed by atoms with Crippen molar-refractivity contribution in [3.63, 3.8) is 0 Å². The molecule has 1 fully saturated rings. The molecule has 1 aliphatic rings. The number of benzene rings is 3. The van der Waals surface area contributed by atoms with Gasteiger partial charge in [0.1, 0.15) is 17.2 Å². The lowest BCUT2D eigenvalue weighted by Gasteiger charge is -2.14. The summed E-state index contributed by atoms with van der Waals surface area (Å²) < 4.78 is 11.2. The minimum atomic E-state index is -0.975. The number of urea groups is 1. The van der Waals surface area contributed by atoms with E-state index in [4.69, 9.17) is 9.47 Å². The van der Waals surface area contributed by atoms with Gasteiger partial charge in [0, 0.05) is 6.54 Å². The van der Waals surface area contributed by atoms with Crippen LogP contribution in [0.2, 0.25) is 0 Å². The number of amides is 5. The zero-order valence-electron chi connectivity index (χ0n) is 20.7. The topological polar surface area (TPSA) is 114 Å². The highest BCUT2D eigenvalue weighted by Crippen LogP contribution is 2.25. The molecule has 3 aromatic rings. The van der Waals surface area contributed by atoms with E-state index in [0.717, 1.165) is 16.2 Å². The molecular weight excluding hydrogens is 474 g/mol. The molecule has 0 unspecified atom stereocenters. The van der Waals surface area contributed by atoms with Crippen molar-refractivity contribution in [3.8, 4) is 17.2 Å². The number of nitrogens with one attached hydrogen (secondary N) is 2. The van der Waals surface area contributed by atoms with E-state index in [1.807, 2.05) is 53.8 Å². The summed E-state index contributed by atoms with van der Waals surface area (Å²) in [5.41, 5.74) is 2.84. The van der Waals surface area contributed by atoms with Crippen LogP contribution in [0.4, 0.5) is 4.79 Å². The average molecular weight is 502 g/mol. The molecule has 9 nitrogen and oxygen atoms in total. The van der Waals surface area contributed by atoms with E-state index in [1.165, 1.54) is 18.7 Å². The van der Waals surface area contributed by atoms with E-state index in [0.29, 0.717) is 23.0 Å². The molecule has 0 aliphatic carbocycles. The second-order valence-corrected chi connectivity index (χ2v) is 8.84. The Hall–Kier alpha value is -4.66. The van der Waals surface area contributed by atoms with Gasteiger partial charge < -0.3 is 14.8 Å². The van der Waals surface area contributed by atoms with E-state index < -0.39 is 23.8 Å². The summed E-state index contributed by atoms with van der Waals surface area (Å²) in [6, 6.07) is 19.3. The first kappa shape index (κ1) is 25.4. The van der Waals surface area contributed by atoms with E-state index >= 15 is 0 Å². The number of rotatable bonds is 9. The van der Waals surface area contributed by atoms with Crippen LogP contribution in [-0.4, -0.2) is 35.8 Å². The van der Waals surface area contributed by atoms with Crippen LogP contribution in [-0.2, 0) is 22.7 Å². The fourth-order valence-electron chi connectivity index (χ4n) is 3.80. The molecule has 9 heteroatoms. The van der Waals surface area contributed by atoms with Gasteiger partial charge in [-0.2, -0.15) is 0 Å². The third-order valence-corrected chi connectivity index (χ3v) is 5.91. The number of carbonyl (C=O) groups excluding carboxylic acids is 4. The normalized spacial score (nSPS) is 13.1. The second kappa shape index (κ2) is 10.9. The molecule has 0 radical (unpaired) electrons. The predicted molar refractivity (Wildman–Crippen MR) is 135 cm³/mol. The van der Waals surface area contributed by atoms with Crippen molar-refractivity contribution >= 4 is 23.8 Å². The lowest BCUT2D eigenvalue weighted by molar-refractivity contribution is -0.140. The summed E-state index contributed by atoms with van der Waals surface area (Å²) in [5.74, 6) is -0.0916. The molecule has 3 aromatic carbocycles. The van der Waals surface area contributed by atoms with E-state index in [1.54, 1.807) is 12.1 Å². The van der Waals surface area contributed by atoms with Crippen LogP contribution in [0.5, 0.6) is 17.2 Å². The minimum absolute atomic E-state index is 0.150. The van der Waals surface area contributed by atoms with Crippen LogP contribution >= 0.6 is 0 Å². The molecule has 0 saturated carbocycles. The van der Waals surface area contributed by atoms with Crippen molar-refractivity contribution in [3.05, 3.63) is 89.0 Å². The first-order valence-corrected chi connectivity index (χ1v) is 11.7. The molecule has 1 aliphatic heterocycles. The monoisotopic (exact) mass is 501 g/mol. The van der Waals surface area contributed by atoms with Gasteiger partial charge in [-0.25, -0.2) is 4.79 Å². The summed E-state index contributed by atoms with van der Waals surface area (Å²) in [6.07, 6.45) is 0. The third kappa shape index (κ3) is 5.95. The van der Waals surface area contributed by atoms with Crippen molar-refractivity contribution in [2.75, 3.05) is 7.11 Å². The summed E-state index contributed by atoms with van der Waals surface area (Å²) >= 11 is 0. The molecular formula is C28H27N3O6. The molecule has 5 amide bonds. The molecule has 1 heterocycles. The van der Waals surface area contributed by atoms with Gasteiger partial charge in [-0.15, -0.1) is 0 Å². The Kier molecular flexibility index (Phi) is 7.52. The minimum Gasteiger partial charge on any atom is -0.496 e. The molecule has 0 atom stereocenters. The van der Waals surface area contributed by atoms with Gasteiger partial charge in [0.25, 0.3) is 5.91 Å². The van der Waals surface area contributed by atoms with Crippen LogP contribution in [0.3, 0.4) is 0 Å². The first-order valence-electron chi connectivity index (χ1n) is 11.7. The largest absolute Gasteiger partial charge is 0.496 e. The predicted octanol–water partition coefficient (Wildman–Crippen LogP) is 4.12. The van der Waals surface area contributed by atoms with Gasteiger partial charge >= 0.3 is 17.8 Å². The molecule has 0 spiro atoms. The third-order valence-electron chi connectivity index (χ3n) is 5.91. The number of carbonyl (C=O) groups is 4. The Bertz CT molecular complexity index is 1330. The van der Waals surface area contributed by atoms with Crippen LogP contribution in [0.15, 0.2) is 66.7 Å². The van der Waals surface area contributed by atoms with Gasteiger partial charge in [0.05, 0.1) is 19.2 Å². The van der Waals surface area contributed by atoms with Crippen molar-refractivity contribution in [1.29, 1.82) is 0 Å². The Morgan fingerprint density at radius 2 is 1.54 bits per heavy atom. The van der Waals surface area contributed by atoms with E-state index in [-0.39, 0.29) is 18.7 Å². The SMILES string of the molecule is COc1ccc(CN2C(=O)NC(=O)C2=O)cc1C(=O)NCc1ccc(Oc2ccc(C(C)C)cc2)cc1. The molecule has 2 N–H and O–H groups in total. The van der Waals surface area contributed by atoms with E-state index in [9.17, 15) is 19.2 Å². The van der Waals surface area contributed by atoms with Crippen LogP contribution < -0.4 is 20.1 Å². The van der Waals surface area contributed by atoms with Gasteiger partial charge in [-0.1, -0.05) is 44.2 Å². The molecule has 0 bridgehead atoms. The molecule has 37 heavy (non-hydrogen) atoms. The Morgan fingerprint density at radius 3 is 2.11 bits per heavy atom. The fraction of sp³-hybridized carbons (Fsp3) is 0.214. The van der Waals surface area contributed by atoms with Crippen molar-refractivity contribution in [1.82, 2.24) is 15.5 Å². The zero-order valence-corrected chi connectivity index (χ0v) is 20.7. The molecule has 4 rings (SSSR count). The number of imide groups is 2. The van der Waals surface area contributed by atoms with E-state index in [2.05, 4.69) is 19.2 Å².